The molecule has 3 nitrogen and oxygen atoms in total. The van der Waals surface area contributed by atoms with Gasteiger partial charge in [-0.3, -0.25) is 4.79 Å². The molecule has 0 saturated carbocycles. The Kier molecular flexibility index (Phi) is 6.46. The fraction of sp³-hybridized carbons (Fsp3) is 0.471. The second-order valence-electron chi connectivity index (χ2n) is 5.43. The average molecular weight is 274 g/mol. The summed E-state index contributed by atoms with van der Waals surface area (Å²) in [4.78, 5) is 14.2. The van der Waals surface area contributed by atoms with E-state index in [2.05, 4.69) is 6.58 Å². The van der Waals surface area contributed by atoms with Crippen LogP contribution in [0.2, 0.25) is 0 Å². The molecule has 1 unspecified atom stereocenters. The summed E-state index contributed by atoms with van der Waals surface area (Å²) in [5, 5.41) is 0. The van der Waals surface area contributed by atoms with Crippen molar-refractivity contribution < 1.29 is 4.79 Å². The van der Waals surface area contributed by atoms with Gasteiger partial charge in [0.2, 0.25) is 5.91 Å². The highest BCUT2D eigenvalue weighted by Gasteiger charge is 2.32. The van der Waals surface area contributed by atoms with Gasteiger partial charge in [-0.05, 0) is 31.7 Å². The number of likely N-dealkylation sites (N-methyl/N-ethyl adjacent to an activating group) is 1. The summed E-state index contributed by atoms with van der Waals surface area (Å²) in [5.41, 5.74) is 6.12. The van der Waals surface area contributed by atoms with Crippen molar-refractivity contribution in [2.75, 3.05) is 13.6 Å². The van der Waals surface area contributed by atoms with Crippen LogP contribution in [0, 0.1) is 0 Å². The molecule has 0 aromatic heterocycles. The molecule has 2 N–H and O–H groups in total. The number of rotatable bonds is 8. The van der Waals surface area contributed by atoms with E-state index in [0.717, 1.165) is 37.8 Å². The number of nitrogens with zero attached hydrogens (tertiary/aromatic N) is 1. The molecule has 110 valence electrons. The first-order valence-electron chi connectivity index (χ1n) is 7.21. The van der Waals surface area contributed by atoms with Gasteiger partial charge in [-0.1, -0.05) is 42.8 Å². The molecule has 0 heterocycles. The summed E-state index contributed by atoms with van der Waals surface area (Å²) in [6, 6.07) is 9.53. The zero-order chi connectivity index (χ0) is 15.0. The number of hydrogen-bond acceptors (Lipinski definition) is 2. The third-order valence-electron chi connectivity index (χ3n) is 3.57. The lowest BCUT2D eigenvalue weighted by atomic mass is 9.91. The standard InChI is InChI=1S/C17H26N2O/c1-4-5-6-7-11-14-19(3)16(20)17(2,18)15-12-9-8-10-13-15/h4,8-10,12-13H,1,5-7,11,14,18H2,2-3H3. The van der Waals surface area contributed by atoms with Crippen LogP contribution in [0.25, 0.3) is 0 Å². The van der Waals surface area contributed by atoms with Gasteiger partial charge in [0.15, 0.2) is 0 Å². The van der Waals surface area contributed by atoms with E-state index in [0.29, 0.717) is 0 Å². The molecule has 1 atom stereocenters. The van der Waals surface area contributed by atoms with E-state index in [9.17, 15) is 4.79 Å². The number of unbranched alkanes of at least 4 members (excludes halogenated alkanes) is 3. The van der Waals surface area contributed by atoms with Gasteiger partial charge >= 0.3 is 0 Å². The molecule has 20 heavy (non-hydrogen) atoms. The maximum Gasteiger partial charge on any atom is 0.246 e. The van der Waals surface area contributed by atoms with E-state index < -0.39 is 5.54 Å². The van der Waals surface area contributed by atoms with Gasteiger partial charge in [-0.2, -0.15) is 0 Å². The Hall–Kier alpha value is -1.61. The van der Waals surface area contributed by atoms with Crippen LogP contribution in [0.5, 0.6) is 0 Å². The van der Waals surface area contributed by atoms with Gasteiger partial charge in [0.25, 0.3) is 0 Å². The van der Waals surface area contributed by atoms with Crippen LogP contribution in [0.15, 0.2) is 43.0 Å². The molecule has 1 aromatic carbocycles. The van der Waals surface area contributed by atoms with Crippen molar-refractivity contribution >= 4 is 5.91 Å². The van der Waals surface area contributed by atoms with E-state index in [1.54, 1.807) is 11.8 Å². The summed E-state index contributed by atoms with van der Waals surface area (Å²) in [6.45, 7) is 6.23. The van der Waals surface area contributed by atoms with Crippen LogP contribution in [-0.4, -0.2) is 24.4 Å². The van der Waals surface area contributed by atoms with Gasteiger partial charge in [-0.15, -0.1) is 6.58 Å². The smallest absolute Gasteiger partial charge is 0.246 e. The molecule has 0 spiro atoms. The number of amides is 1. The van der Waals surface area contributed by atoms with E-state index in [4.69, 9.17) is 5.73 Å². The third kappa shape index (κ3) is 4.49. The number of carbonyl (C=O) groups is 1. The molecule has 0 bridgehead atoms. The zero-order valence-electron chi connectivity index (χ0n) is 12.6. The molecule has 0 saturated heterocycles. The van der Waals surface area contributed by atoms with E-state index >= 15 is 0 Å². The van der Waals surface area contributed by atoms with Crippen molar-refractivity contribution in [2.45, 2.75) is 38.1 Å². The fourth-order valence-corrected chi connectivity index (χ4v) is 2.22. The summed E-state index contributed by atoms with van der Waals surface area (Å²) in [6.07, 6.45) is 6.21. The Morgan fingerprint density at radius 1 is 1.30 bits per heavy atom. The van der Waals surface area contributed by atoms with Gasteiger partial charge in [0, 0.05) is 13.6 Å². The lowest BCUT2D eigenvalue weighted by Crippen LogP contribution is -2.49. The van der Waals surface area contributed by atoms with E-state index in [1.165, 1.54) is 0 Å². The average Bonchev–Trinajstić information content (AvgIpc) is 2.47. The van der Waals surface area contributed by atoms with Crippen molar-refractivity contribution in [2.24, 2.45) is 5.73 Å². The molecule has 0 aliphatic heterocycles. The zero-order valence-corrected chi connectivity index (χ0v) is 12.6. The second kappa shape index (κ2) is 7.85. The topological polar surface area (TPSA) is 46.3 Å². The minimum atomic E-state index is -0.961. The quantitative estimate of drug-likeness (QED) is 0.585. The Balaban J connectivity index is 2.53. The van der Waals surface area contributed by atoms with Gasteiger partial charge < -0.3 is 10.6 Å². The van der Waals surface area contributed by atoms with Gasteiger partial charge in [0.1, 0.15) is 5.54 Å². The highest BCUT2D eigenvalue weighted by Crippen LogP contribution is 2.20. The van der Waals surface area contributed by atoms with Crippen LogP contribution >= 0.6 is 0 Å². The van der Waals surface area contributed by atoms with Crippen LogP contribution in [0.4, 0.5) is 0 Å². The van der Waals surface area contributed by atoms with E-state index in [-0.39, 0.29) is 5.91 Å². The number of allylic oxidation sites excluding steroid dienone is 1. The van der Waals surface area contributed by atoms with Crippen molar-refractivity contribution in [1.29, 1.82) is 0 Å². The van der Waals surface area contributed by atoms with Crippen molar-refractivity contribution in [1.82, 2.24) is 4.90 Å². The largest absolute Gasteiger partial charge is 0.344 e. The van der Waals surface area contributed by atoms with Crippen molar-refractivity contribution in [3.8, 4) is 0 Å². The number of carbonyl (C=O) groups excluding carboxylic acids is 1. The fourth-order valence-electron chi connectivity index (χ4n) is 2.22. The molecule has 1 amide bonds. The number of nitrogens with two attached hydrogens (primary N) is 1. The summed E-state index contributed by atoms with van der Waals surface area (Å²) >= 11 is 0. The lowest BCUT2D eigenvalue weighted by Gasteiger charge is -2.29. The first kappa shape index (κ1) is 16.4. The van der Waals surface area contributed by atoms with E-state index in [1.807, 2.05) is 43.5 Å². The molecule has 3 heteroatoms. The van der Waals surface area contributed by atoms with Crippen LogP contribution in [-0.2, 0) is 10.3 Å². The normalized spacial score (nSPS) is 13.6. The SMILES string of the molecule is C=CCCCCCN(C)C(=O)C(C)(N)c1ccccc1. The Morgan fingerprint density at radius 3 is 2.55 bits per heavy atom. The molecule has 0 fully saturated rings. The molecule has 0 aliphatic carbocycles. The predicted molar refractivity (Wildman–Crippen MR) is 84.3 cm³/mol. The Bertz CT molecular complexity index is 426. The number of hydrogen-bond donors (Lipinski definition) is 1. The summed E-state index contributed by atoms with van der Waals surface area (Å²) < 4.78 is 0. The highest BCUT2D eigenvalue weighted by molar-refractivity contribution is 5.86. The molecule has 1 rings (SSSR count). The maximum absolute atomic E-state index is 12.5. The first-order valence-corrected chi connectivity index (χ1v) is 7.21. The molecular formula is C17H26N2O. The highest BCUT2D eigenvalue weighted by atomic mass is 16.2. The molecule has 0 aliphatic rings. The summed E-state index contributed by atoms with van der Waals surface area (Å²) in [7, 11) is 1.82. The molecular weight excluding hydrogens is 248 g/mol. The second-order valence-corrected chi connectivity index (χ2v) is 5.43. The monoisotopic (exact) mass is 274 g/mol. The third-order valence-corrected chi connectivity index (χ3v) is 3.57. The maximum atomic E-state index is 12.5. The minimum Gasteiger partial charge on any atom is -0.344 e. The molecule has 0 radical (unpaired) electrons. The molecule has 1 aromatic rings. The van der Waals surface area contributed by atoms with Crippen LogP contribution in [0.3, 0.4) is 0 Å². The van der Waals surface area contributed by atoms with Crippen LogP contribution < -0.4 is 5.73 Å². The van der Waals surface area contributed by atoms with Gasteiger partial charge in [-0.25, -0.2) is 0 Å². The first-order chi connectivity index (χ1) is 9.50. The number of benzene rings is 1. The lowest BCUT2D eigenvalue weighted by molar-refractivity contribution is -0.135. The predicted octanol–water partition coefficient (Wildman–Crippen LogP) is 3.07. The van der Waals surface area contributed by atoms with Crippen LogP contribution in [0.1, 0.15) is 38.2 Å². The van der Waals surface area contributed by atoms with Crippen molar-refractivity contribution in [3.05, 3.63) is 48.6 Å². The van der Waals surface area contributed by atoms with Gasteiger partial charge in [0.05, 0.1) is 0 Å². The van der Waals surface area contributed by atoms with Crippen molar-refractivity contribution in [3.63, 3.8) is 0 Å². The Labute approximate surface area is 122 Å². The summed E-state index contributed by atoms with van der Waals surface area (Å²) in [5.74, 6) is -0.0348. The minimum absolute atomic E-state index is 0.0348. The Morgan fingerprint density at radius 2 is 1.95 bits per heavy atom.